The number of nitrogens with zero attached hydrogens (tertiary/aromatic N) is 2. The first-order valence-electron chi connectivity index (χ1n) is 9.62. The Bertz CT molecular complexity index is 742. The van der Waals surface area contributed by atoms with Crippen LogP contribution in [0.1, 0.15) is 36.2 Å². The van der Waals surface area contributed by atoms with Crippen LogP contribution in [0.25, 0.3) is 0 Å². The number of guanidine groups is 1. The van der Waals surface area contributed by atoms with Crippen LogP contribution in [0.5, 0.6) is 0 Å². The third kappa shape index (κ3) is 7.45. The van der Waals surface area contributed by atoms with Crippen molar-refractivity contribution in [1.29, 1.82) is 0 Å². The van der Waals surface area contributed by atoms with Crippen LogP contribution in [0.2, 0.25) is 0 Å². The van der Waals surface area contributed by atoms with Crippen molar-refractivity contribution in [2.24, 2.45) is 10.9 Å². The van der Waals surface area contributed by atoms with Crippen molar-refractivity contribution in [3.8, 4) is 0 Å². The van der Waals surface area contributed by atoms with E-state index < -0.39 is 5.82 Å². The zero-order valence-electron chi connectivity index (χ0n) is 17.4. The second-order valence-electron chi connectivity index (χ2n) is 7.29. The minimum Gasteiger partial charge on any atom is -0.355 e. The zero-order valence-corrected chi connectivity index (χ0v) is 19.7. The molecule has 1 fully saturated rings. The molecule has 0 aliphatic carbocycles. The van der Waals surface area contributed by atoms with Gasteiger partial charge in [0.05, 0.1) is 0 Å². The highest BCUT2D eigenvalue weighted by atomic mass is 127. The number of rotatable bonds is 6. The van der Waals surface area contributed by atoms with Gasteiger partial charge in [-0.3, -0.25) is 14.6 Å². The van der Waals surface area contributed by atoms with Crippen molar-refractivity contribution in [3.05, 3.63) is 35.1 Å². The van der Waals surface area contributed by atoms with Gasteiger partial charge in [0.1, 0.15) is 5.82 Å². The van der Waals surface area contributed by atoms with Gasteiger partial charge < -0.3 is 20.9 Å². The molecule has 3 N–H and O–H groups in total. The summed E-state index contributed by atoms with van der Waals surface area (Å²) in [5.74, 6) is 0.0861. The van der Waals surface area contributed by atoms with Crippen LogP contribution in [0.3, 0.4) is 0 Å². The van der Waals surface area contributed by atoms with Crippen LogP contribution in [-0.4, -0.2) is 61.9 Å². The lowest BCUT2D eigenvalue weighted by Gasteiger charge is -2.20. The number of aliphatic imine (C=N–C) groups is 1. The Balaban J connectivity index is 0.00000420. The summed E-state index contributed by atoms with van der Waals surface area (Å²) in [5, 5.41) is 9.19. The number of benzene rings is 1. The predicted molar refractivity (Wildman–Crippen MR) is 123 cm³/mol. The molecule has 1 unspecified atom stereocenters. The number of hydrogen-bond acceptors (Lipinski definition) is 3. The summed E-state index contributed by atoms with van der Waals surface area (Å²) >= 11 is 0. The number of halogens is 2. The lowest BCUT2D eigenvalue weighted by molar-refractivity contribution is -0.133. The molecule has 7 nitrogen and oxygen atoms in total. The molecule has 1 aromatic carbocycles. The van der Waals surface area contributed by atoms with Crippen molar-refractivity contribution < 1.29 is 14.0 Å². The summed E-state index contributed by atoms with van der Waals surface area (Å²) in [6.45, 7) is 7.72. The maximum Gasteiger partial charge on any atom is 0.251 e. The fourth-order valence-electron chi connectivity index (χ4n) is 3.02. The Morgan fingerprint density at radius 1 is 1.28 bits per heavy atom. The van der Waals surface area contributed by atoms with Crippen molar-refractivity contribution in [2.75, 3.05) is 33.2 Å². The zero-order chi connectivity index (χ0) is 20.7. The monoisotopic (exact) mass is 519 g/mol. The molecule has 0 aromatic heterocycles. The van der Waals surface area contributed by atoms with Gasteiger partial charge in [0.15, 0.2) is 5.96 Å². The molecule has 162 valence electrons. The summed E-state index contributed by atoms with van der Waals surface area (Å²) in [4.78, 5) is 30.2. The van der Waals surface area contributed by atoms with Crippen LogP contribution in [0.15, 0.2) is 23.2 Å². The van der Waals surface area contributed by atoms with E-state index in [1.54, 1.807) is 26.1 Å². The second-order valence-corrected chi connectivity index (χ2v) is 7.29. The van der Waals surface area contributed by atoms with Gasteiger partial charge in [-0.2, -0.15) is 0 Å². The number of carbonyl (C=O) groups is 2. The van der Waals surface area contributed by atoms with Crippen molar-refractivity contribution in [1.82, 2.24) is 20.9 Å². The van der Waals surface area contributed by atoms with Crippen LogP contribution in [-0.2, 0) is 4.79 Å². The smallest absolute Gasteiger partial charge is 0.251 e. The summed E-state index contributed by atoms with van der Waals surface area (Å²) in [6, 6.07) is 4.58. The number of aryl methyl sites for hydroxylation is 1. The SMILES string of the molecule is CN=C(NCCNC(=O)c1ccc(C)c(F)c1)NC1CCN(C(=O)C(C)C)C1.I. The van der Waals surface area contributed by atoms with E-state index in [4.69, 9.17) is 0 Å². The molecule has 29 heavy (non-hydrogen) atoms. The van der Waals surface area contributed by atoms with Crippen molar-refractivity contribution >= 4 is 41.8 Å². The summed E-state index contributed by atoms with van der Waals surface area (Å²) in [5.41, 5.74) is 0.806. The lowest BCUT2D eigenvalue weighted by Crippen LogP contribution is -2.47. The Labute approximate surface area is 188 Å². The van der Waals surface area contributed by atoms with E-state index in [0.717, 1.165) is 13.0 Å². The molecule has 0 saturated carbocycles. The van der Waals surface area contributed by atoms with Crippen molar-refractivity contribution in [2.45, 2.75) is 33.2 Å². The van der Waals surface area contributed by atoms with E-state index in [-0.39, 0.29) is 47.8 Å². The Morgan fingerprint density at radius 3 is 2.59 bits per heavy atom. The number of amides is 2. The van der Waals surface area contributed by atoms with E-state index in [9.17, 15) is 14.0 Å². The van der Waals surface area contributed by atoms with Gasteiger partial charge in [-0.15, -0.1) is 24.0 Å². The van der Waals surface area contributed by atoms with E-state index in [1.165, 1.54) is 6.07 Å². The summed E-state index contributed by atoms with van der Waals surface area (Å²) < 4.78 is 13.6. The Hall–Kier alpha value is -1.91. The molecule has 1 aliphatic heterocycles. The highest BCUT2D eigenvalue weighted by molar-refractivity contribution is 14.0. The third-order valence-electron chi connectivity index (χ3n) is 4.70. The molecule has 1 aromatic rings. The number of carbonyl (C=O) groups excluding carboxylic acids is 2. The maximum absolute atomic E-state index is 13.6. The molecule has 9 heteroatoms. The van der Waals surface area contributed by atoms with Gasteiger partial charge in [0.25, 0.3) is 5.91 Å². The first kappa shape index (κ1) is 25.1. The summed E-state index contributed by atoms with van der Waals surface area (Å²) in [7, 11) is 1.68. The molecule has 1 atom stereocenters. The van der Waals surface area contributed by atoms with Crippen LogP contribution in [0, 0.1) is 18.7 Å². The molecule has 0 spiro atoms. The van der Waals surface area contributed by atoms with Crippen LogP contribution < -0.4 is 16.0 Å². The molecular formula is C20H31FIN5O2. The maximum atomic E-state index is 13.6. The summed E-state index contributed by atoms with van der Waals surface area (Å²) in [6.07, 6.45) is 0.870. The molecule has 1 heterocycles. The number of hydrogen-bond donors (Lipinski definition) is 3. The van der Waals surface area contributed by atoms with Crippen LogP contribution in [0.4, 0.5) is 4.39 Å². The molecule has 1 aliphatic rings. The third-order valence-corrected chi connectivity index (χ3v) is 4.70. The van der Waals surface area contributed by atoms with E-state index in [0.29, 0.717) is 36.7 Å². The van der Waals surface area contributed by atoms with Crippen LogP contribution >= 0.6 is 24.0 Å². The van der Waals surface area contributed by atoms with E-state index in [2.05, 4.69) is 20.9 Å². The lowest BCUT2D eigenvalue weighted by atomic mass is 10.1. The average molecular weight is 519 g/mol. The quantitative estimate of drug-likeness (QED) is 0.232. The first-order chi connectivity index (χ1) is 13.3. The van der Waals surface area contributed by atoms with Gasteiger partial charge >= 0.3 is 0 Å². The fourth-order valence-corrected chi connectivity index (χ4v) is 3.02. The van der Waals surface area contributed by atoms with E-state index >= 15 is 0 Å². The fraction of sp³-hybridized carbons (Fsp3) is 0.550. The van der Waals surface area contributed by atoms with Gasteiger partial charge in [0.2, 0.25) is 5.91 Å². The minimum absolute atomic E-state index is 0. The largest absolute Gasteiger partial charge is 0.355 e. The van der Waals surface area contributed by atoms with Gasteiger partial charge in [-0.25, -0.2) is 4.39 Å². The Morgan fingerprint density at radius 2 is 1.97 bits per heavy atom. The molecule has 2 amide bonds. The normalized spacial score (nSPS) is 16.4. The highest BCUT2D eigenvalue weighted by Gasteiger charge is 2.27. The molecule has 0 radical (unpaired) electrons. The molecule has 2 rings (SSSR count). The minimum atomic E-state index is -0.392. The van der Waals surface area contributed by atoms with E-state index in [1.807, 2.05) is 18.7 Å². The second kappa shape index (κ2) is 11.9. The predicted octanol–water partition coefficient (Wildman–Crippen LogP) is 1.90. The van der Waals surface area contributed by atoms with Crippen molar-refractivity contribution in [3.63, 3.8) is 0 Å². The number of nitrogens with one attached hydrogen (secondary N) is 3. The highest BCUT2D eigenvalue weighted by Crippen LogP contribution is 2.12. The Kier molecular flexibility index (Phi) is 10.3. The number of likely N-dealkylation sites (tertiary alicyclic amines) is 1. The standard InChI is InChI=1S/C20H30FN5O2.HI/c1-13(2)19(28)26-10-7-16(12-26)25-20(22-4)24-9-8-23-18(27)15-6-5-14(3)17(21)11-15;/h5-6,11,13,16H,7-10,12H2,1-4H3,(H,23,27)(H2,22,24,25);1H. The molecule has 0 bridgehead atoms. The van der Waals surface area contributed by atoms with Gasteiger partial charge in [-0.05, 0) is 31.0 Å². The molecule has 1 saturated heterocycles. The van der Waals surface area contributed by atoms with Gasteiger partial charge in [-0.1, -0.05) is 19.9 Å². The van der Waals surface area contributed by atoms with Gasteiger partial charge in [0, 0.05) is 50.7 Å². The first-order valence-corrected chi connectivity index (χ1v) is 9.62. The molecular weight excluding hydrogens is 488 g/mol. The average Bonchev–Trinajstić information content (AvgIpc) is 3.13. The topological polar surface area (TPSA) is 85.8 Å².